The van der Waals surface area contributed by atoms with Gasteiger partial charge in [-0.05, 0) is 27.7 Å². The number of aliphatic hydroxyl groups is 1. The minimum atomic E-state index is -0.652. The first-order valence-electron chi connectivity index (χ1n) is 6.73. The maximum atomic E-state index is 11.8. The second-order valence-corrected chi connectivity index (χ2v) is 6.55. The van der Waals surface area contributed by atoms with E-state index in [1.54, 1.807) is 0 Å². The number of carbonyl (C=O) groups is 1. The molecule has 0 radical (unpaired) electrons. The molecule has 0 aromatic rings. The first kappa shape index (κ1) is 14.6. The molecule has 2 rings (SSSR count). The molecule has 0 bridgehead atoms. The number of morpholine rings is 1. The van der Waals surface area contributed by atoms with Gasteiger partial charge in [-0.3, -0.25) is 4.90 Å². The minimum absolute atomic E-state index is 0.318. The van der Waals surface area contributed by atoms with Crippen molar-refractivity contribution < 1.29 is 19.4 Å². The summed E-state index contributed by atoms with van der Waals surface area (Å²) in [4.78, 5) is 13.9. The fourth-order valence-electron chi connectivity index (χ4n) is 2.73. The highest BCUT2D eigenvalue weighted by atomic mass is 16.6. The molecule has 2 saturated heterocycles. The van der Waals surface area contributed by atoms with Gasteiger partial charge in [-0.1, -0.05) is 0 Å². The number of nitrogens with one attached hydrogen (secondary N) is 1. The summed E-state index contributed by atoms with van der Waals surface area (Å²) in [7, 11) is 0. The molecule has 3 atom stereocenters. The summed E-state index contributed by atoms with van der Waals surface area (Å²) in [6, 6.07) is -0.318. The van der Waals surface area contributed by atoms with E-state index < -0.39 is 23.3 Å². The van der Waals surface area contributed by atoms with E-state index in [0.717, 1.165) is 6.54 Å². The summed E-state index contributed by atoms with van der Waals surface area (Å²) in [5.74, 6) is 0. The summed E-state index contributed by atoms with van der Waals surface area (Å²) in [6.07, 6.45) is -1.14. The first-order valence-corrected chi connectivity index (χ1v) is 6.73. The Bertz CT molecular complexity index is 355. The summed E-state index contributed by atoms with van der Waals surface area (Å²) in [6.45, 7) is 9.97. The molecule has 2 aliphatic rings. The predicted octanol–water partition coefficient (Wildman–Crippen LogP) is 0.345. The van der Waals surface area contributed by atoms with E-state index >= 15 is 0 Å². The number of carbonyl (C=O) groups excluding carboxylic acids is 1. The van der Waals surface area contributed by atoms with E-state index in [4.69, 9.17) is 9.47 Å². The number of hydrogen-bond donors (Lipinski definition) is 2. The molecule has 110 valence electrons. The highest BCUT2D eigenvalue weighted by Crippen LogP contribution is 2.32. The number of fused-ring (bicyclic) bond motifs is 1. The second kappa shape index (κ2) is 4.92. The zero-order valence-electron chi connectivity index (χ0n) is 12.1. The Hall–Kier alpha value is -0.850. The standard InChI is InChI=1S/C13H24N2O4/c1-12(2,3)19-11(17)14-9-7-15-5-6-18-8-13(15,4)10(9)16/h9-10,16H,5-8H2,1-4H3,(H,14,17)/t9-,10+,13+/m1/s1. The number of amides is 1. The summed E-state index contributed by atoms with van der Waals surface area (Å²) in [5.41, 5.74) is -0.953. The van der Waals surface area contributed by atoms with E-state index in [0.29, 0.717) is 19.8 Å². The van der Waals surface area contributed by atoms with Crippen LogP contribution in [0.4, 0.5) is 4.79 Å². The number of hydrogen-bond acceptors (Lipinski definition) is 5. The van der Waals surface area contributed by atoms with Crippen molar-refractivity contribution in [1.82, 2.24) is 10.2 Å². The smallest absolute Gasteiger partial charge is 0.408 e. The van der Waals surface area contributed by atoms with Crippen LogP contribution in [-0.2, 0) is 9.47 Å². The lowest BCUT2D eigenvalue weighted by atomic mass is 9.94. The molecule has 0 saturated carbocycles. The third kappa shape index (κ3) is 3.01. The molecule has 6 heteroatoms. The third-order valence-electron chi connectivity index (χ3n) is 3.76. The van der Waals surface area contributed by atoms with Gasteiger partial charge in [-0.25, -0.2) is 4.79 Å². The van der Waals surface area contributed by atoms with Gasteiger partial charge in [0.15, 0.2) is 0 Å². The number of aliphatic hydroxyl groups excluding tert-OH is 1. The van der Waals surface area contributed by atoms with Crippen LogP contribution in [0.3, 0.4) is 0 Å². The molecule has 0 aromatic heterocycles. The maximum absolute atomic E-state index is 11.8. The van der Waals surface area contributed by atoms with Crippen molar-refractivity contribution >= 4 is 6.09 Å². The number of nitrogens with zero attached hydrogens (tertiary/aromatic N) is 1. The lowest BCUT2D eigenvalue weighted by Gasteiger charge is -2.40. The average molecular weight is 272 g/mol. The van der Waals surface area contributed by atoms with Crippen LogP contribution in [0.15, 0.2) is 0 Å². The molecule has 2 aliphatic heterocycles. The summed E-state index contributed by atoms with van der Waals surface area (Å²) >= 11 is 0. The zero-order valence-corrected chi connectivity index (χ0v) is 12.1. The van der Waals surface area contributed by atoms with Crippen molar-refractivity contribution in [3.8, 4) is 0 Å². The van der Waals surface area contributed by atoms with Gasteiger partial charge in [-0.15, -0.1) is 0 Å². The molecule has 19 heavy (non-hydrogen) atoms. The van der Waals surface area contributed by atoms with Crippen molar-refractivity contribution in [2.24, 2.45) is 0 Å². The molecule has 2 heterocycles. The maximum Gasteiger partial charge on any atom is 0.408 e. The van der Waals surface area contributed by atoms with Crippen LogP contribution in [-0.4, -0.2) is 65.7 Å². The second-order valence-electron chi connectivity index (χ2n) is 6.55. The van der Waals surface area contributed by atoms with Crippen molar-refractivity contribution in [1.29, 1.82) is 0 Å². The van der Waals surface area contributed by atoms with Gasteiger partial charge in [0.1, 0.15) is 5.60 Å². The predicted molar refractivity (Wildman–Crippen MR) is 70.0 cm³/mol. The molecule has 0 aromatic carbocycles. The monoisotopic (exact) mass is 272 g/mol. The van der Waals surface area contributed by atoms with Crippen molar-refractivity contribution in [2.75, 3.05) is 26.3 Å². The first-order chi connectivity index (χ1) is 8.72. The summed E-state index contributed by atoms with van der Waals surface area (Å²) < 4.78 is 10.7. The van der Waals surface area contributed by atoms with Gasteiger partial charge in [0.25, 0.3) is 0 Å². The van der Waals surface area contributed by atoms with E-state index in [-0.39, 0.29) is 6.04 Å². The fraction of sp³-hybridized carbons (Fsp3) is 0.923. The average Bonchev–Trinajstić information content (AvgIpc) is 2.50. The van der Waals surface area contributed by atoms with Crippen molar-refractivity contribution in [2.45, 2.75) is 51.0 Å². The Morgan fingerprint density at radius 2 is 2.21 bits per heavy atom. The van der Waals surface area contributed by atoms with Gasteiger partial charge in [0.2, 0.25) is 0 Å². The van der Waals surface area contributed by atoms with Crippen LogP contribution in [0.1, 0.15) is 27.7 Å². The fourth-order valence-corrected chi connectivity index (χ4v) is 2.73. The third-order valence-corrected chi connectivity index (χ3v) is 3.76. The Labute approximate surface area is 114 Å². The summed E-state index contributed by atoms with van der Waals surface area (Å²) in [5, 5.41) is 13.2. The van der Waals surface area contributed by atoms with Crippen molar-refractivity contribution in [3.63, 3.8) is 0 Å². The lowest BCUT2D eigenvalue weighted by molar-refractivity contribution is -0.0785. The number of alkyl carbamates (subject to hydrolysis) is 1. The molecule has 0 spiro atoms. The molecular weight excluding hydrogens is 248 g/mol. The van der Waals surface area contributed by atoms with Gasteiger partial charge in [-0.2, -0.15) is 0 Å². The number of rotatable bonds is 1. The normalized spacial score (nSPS) is 35.8. The molecule has 6 nitrogen and oxygen atoms in total. The van der Waals surface area contributed by atoms with Gasteiger partial charge < -0.3 is 19.9 Å². The Morgan fingerprint density at radius 3 is 2.79 bits per heavy atom. The van der Waals surface area contributed by atoms with E-state index in [1.807, 2.05) is 27.7 Å². The van der Waals surface area contributed by atoms with Crippen LogP contribution >= 0.6 is 0 Å². The Kier molecular flexibility index (Phi) is 3.77. The van der Waals surface area contributed by atoms with E-state index in [1.165, 1.54) is 0 Å². The Balaban J connectivity index is 1.97. The zero-order chi connectivity index (χ0) is 14.3. The quantitative estimate of drug-likeness (QED) is 0.720. The molecule has 2 N–H and O–H groups in total. The SMILES string of the molecule is CC(C)(C)OC(=O)N[C@@H]1CN2CCOC[C@@]2(C)[C@H]1O. The largest absolute Gasteiger partial charge is 0.444 e. The molecule has 0 aliphatic carbocycles. The van der Waals surface area contributed by atoms with Crippen LogP contribution in [0.5, 0.6) is 0 Å². The molecule has 0 unspecified atom stereocenters. The molecule has 1 amide bonds. The Morgan fingerprint density at radius 1 is 1.53 bits per heavy atom. The topological polar surface area (TPSA) is 71.0 Å². The van der Waals surface area contributed by atoms with Crippen LogP contribution in [0.25, 0.3) is 0 Å². The highest BCUT2D eigenvalue weighted by Gasteiger charge is 2.52. The van der Waals surface area contributed by atoms with E-state index in [2.05, 4.69) is 10.2 Å². The molecular formula is C13H24N2O4. The van der Waals surface area contributed by atoms with E-state index in [9.17, 15) is 9.90 Å². The number of ether oxygens (including phenoxy) is 2. The molecule has 2 fully saturated rings. The van der Waals surface area contributed by atoms with Gasteiger partial charge >= 0.3 is 6.09 Å². The van der Waals surface area contributed by atoms with Crippen molar-refractivity contribution in [3.05, 3.63) is 0 Å². The van der Waals surface area contributed by atoms with Gasteiger partial charge in [0.05, 0.1) is 30.9 Å². The van der Waals surface area contributed by atoms with Crippen LogP contribution in [0.2, 0.25) is 0 Å². The lowest BCUT2D eigenvalue weighted by Crippen LogP contribution is -2.57. The van der Waals surface area contributed by atoms with Crippen LogP contribution in [0, 0.1) is 0 Å². The minimum Gasteiger partial charge on any atom is -0.444 e. The van der Waals surface area contributed by atoms with Gasteiger partial charge in [0, 0.05) is 13.1 Å². The van der Waals surface area contributed by atoms with Crippen LogP contribution < -0.4 is 5.32 Å². The highest BCUT2D eigenvalue weighted by molar-refractivity contribution is 5.68.